The van der Waals surface area contributed by atoms with E-state index in [4.69, 9.17) is 18.9 Å². The molecule has 1 aromatic rings. The highest BCUT2D eigenvalue weighted by atomic mass is 16.6. The number of hydrogen-bond donors (Lipinski definition) is 0. The van der Waals surface area contributed by atoms with E-state index in [1.165, 1.54) is 0 Å². The molecule has 0 aliphatic rings. The van der Waals surface area contributed by atoms with Gasteiger partial charge in [-0.25, -0.2) is 0 Å². The van der Waals surface area contributed by atoms with E-state index in [2.05, 4.69) is 0 Å². The second-order valence-electron chi connectivity index (χ2n) is 4.20. The lowest BCUT2D eigenvalue weighted by Gasteiger charge is -2.08. The lowest BCUT2D eigenvalue weighted by molar-refractivity contribution is -0.144. The first-order valence-electron chi connectivity index (χ1n) is 6.61. The molecule has 0 spiro atoms. The van der Waals surface area contributed by atoms with E-state index >= 15 is 0 Å². The molecule has 112 valence electrons. The number of benzene rings is 1. The Morgan fingerprint density at radius 3 is 2.55 bits per heavy atom. The maximum absolute atomic E-state index is 11.5. The van der Waals surface area contributed by atoms with E-state index in [9.17, 15) is 4.79 Å². The zero-order chi connectivity index (χ0) is 14.6. The van der Waals surface area contributed by atoms with E-state index in [0.717, 1.165) is 11.3 Å². The van der Waals surface area contributed by atoms with Gasteiger partial charge in [0.05, 0.1) is 13.2 Å². The fraction of sp³-hybridized carbons (Fsp3) is 0.533. The molecule has 0 heterocycles. The van der Waals surface area contributed by atoms with Crippen LogP contribution in [-0.2, 0) is 25.4 Å². The van der Waals surface area contributed by atoms with Gasteiger partial charge >= 0.3 is 5.97 Å². The Labute approximate surface area is 119 Å². The van der Waals surface area contributed by atoms with Crippen molar-refractivity contribution >= 4 is 5.97 Å². The third-order valence-electron chi connectivity index (χ3n) is 2.62. The van der Waals surface area contributed by atoms with Crippen LogP contribution in [0.2, 0.25) is 0 Å². The fourth-order valence-electron chi connectivity index (χ4n) is 1.59. The summed E-state index contributed by atoms with van der Waals surface area (Å²) in [5.41, 5.74) is 1.05. The third-order valence-corrected chi connectivity index (χ3v) is 2.62. The van der Waals surface area contributed by atoms with E-state index in [-0.39, 0.29) is 5.97 Å². The van der Waals surface area contributed by atoms with Crippen LogP contribution in [0, 0.1) is 0 Å². The van der Waals surface area contributed by atoms with Gasteiger partial charge in [-0.1, -0.05) is 12.1 Å². The van der Waals surface area contributed by atoms with Crippen molar-refractivity contribution in [3.05, 3.63) is 29.8 Å². The highest BCUT2D eigenvalue weighted by Crippen LogP contribution is 2.14. The molecule has 0 aliphatic heterocycles. The predicted molar refractivity (Wildman–Crippen MR) is 75.0 cm³/mol. The number of methoxy groups -OCH3 is 2. The van der Waals surface area contributed by atoms with Crippen LogP contribution in [0.1, 0.15) is 12.0 Å². The molecule has 0 aliphatic carbocycles. The van der Waals surface area contributed by atoms with Crippen molar-refractivity contribution in [1.29, 1.82) is 0 Å². The molecule has 0 saturated heterocycles. The van der Waals surface area contributed by atoms with Gasteiger partial charge in [-0.05, 0) is 24.1 Å². The average Bonchev–Trinajstić information content (AvgIpc) is 2.46. The standard InChI is InChI=1S/C15H22O5/c1-17-8-10-19-14-5-3-4-13(12-14)6-7-15(16)20-11-9-18-2/h3-5,12H,6-11H2,1-2H3. The maximum atomic E-state index is 11.5. The first kappa shape index (κ1) is 16.5. The summed E-state index contributed by atoms with van der Waals surface area (Å²) in [6.45, 7) is 1.79. The largest absolute Gasteiger partial charge is 0.491 e. The molecule has 0 bridgehead atoms. The van der Waals surface area contributed by atoms with Gasteiger partial charge < -0.3 is 18.9 Å². The Bertz CT molecular complexity index is 392. The van der Waals surface area contributed by atoms with Crippen LogP contribution in [0.15, 0.2) is 24.3 Å². The number of rotatable bonds is 10. The topological polar surface area (TPSA) is 54.0 Å². The summed E-state index contributed by atoms with van der Waals surface area (Å²) in [6, 6.07) is 7.69. The van der Waals surface area contributed by atoms with Crippen molar-refractivity contribution in [3.63, 3.8) is 0 Å². The lowest BCUT2D eigenvalue weighted by atomic mass is 10.1. The van der Waals surface area contributed by atoms with Crippen molar-refractivity contribution in [1.82, 2.24) is 0 Å². The molecule has 5 nitrogen and oxygen atoms in total. The highest BCUT2D eigenvalue weighted by molar-refractivity contribution is 5.69. The number of carbonyl (C=O) groups is 1. The number of esters is 1. The van der Waals surface area contributed by atoms with Crippen LogP contribution in [-0.4, -0.2) is 46.6 Å². The monoisotopic (exact) mass is 282 g/mol. The SMILES string of the molecule is COCCOC(=O)CCc1cccc(OCCOC)c1. The third kappa shape index (κ3) is 7.11. The molecule has 0 aromatic heterocycles. The number of ether oxygens (including phenoxy) is 4. The Morgan fingerprint density at radius 1 is 1.05 bits per heavy atom. The Hall–Kier alpha value is -1.59. The summed E-state index contributed by atoms with van der Waals surface area (Å²) in [4.78, 5) is 11.5. The highest BCUT2D eigenvalue weighted by Gasteiger charge is 2.04. The van der Waals surface area contributed by atoms with E-state index in [1.807, 2.05) is 24.3 Å². The van der Waals surface area contributed by atoms with Crippen molar-refractivity contribution in [2.45, 2.75) is 12.8 Å². The van der Waals surface area contributed by atoms with Crippen LogP contribution >= 0.6 is 0 Å². The molecule has 5 heteroatoms. The summed E-state index contributed by atoms with van der Waals surface area (Å²) in [6.07, 6.45) is 0.985. The average molecular weight is 282 g/mol. The van der Waals surface area contributed by atoms with Gasteiger partial charge in [0, 0.05) is 20.6 Å². The van der Waals surface area contributed by atoms with Gasteiger partial charge in [-0.3, -0.25) is 4.79 Å². The first-order valence-corrected chi connectivity index (χ1v) is 6.61. The Morgan fingerprint density at radius 2 is 1.80 bits per heavy atom. The van der Waals surface area contributed by atoms with Crippen LogP contribution < -0.4 is 4.74 Å². The minimum atomic E-state index is -0.215. The molecule has 0 unspecified atom stereocenters. The first-order chi connectivity index (χ1) is 9.76. The second-order valence-corrected chi connectivity index (χ2v) is 4.20. The molecule has 0 amide bonds. The predicted octanol–water partition coefficient (Wildman–Crippen LogP) is 1.83. The van der Waals surface area contributed by atoms with E-state index in [1.54, 1.807) is 14.2 Å². The summed E-state index contributed by atoms with van der Waals surface area (Å²) < 4.78 is 20.3. The molecule has 1 rings (SSSR count). The van der Waals surface area contributed by atoms with Crippen molar-refractivity contribution < 1.29 is 23.7 Å². The van der Waals surface area contributed by atoms with Crippen molar-refractivity contribution in [2.75, 3.05) is 40.6 Å². The molecular formula is C15H22O5. The van der Waals surface area contributed by atoms with Gasteiger partial charge in [-0.2, -0.15) is 0 Å². The van der Waals surface area contributed by atoms with Crippen LogP contribution in [0.3, 0.4) is 0 Å². The van der Waals surface area contributed by atoms with E-state index in [0.29, 0.717) is 39.3 Å². The summed E-state index contributed by atoms with van der Waals surface area (Å²) in [5.74, 6) is 0.569. The van der Waals surface area contributed by atoms with Gasteiger partial charge in [0.2, 0.25) is 0 Å². The van der Waals surface area contributed by atoms with Crippen molar-refractivity contribution in [3.8, 4) is 5.75 Å². The maximum Gasteiger partial charge on any atom is 0.306 e. The van der Waals surface area contributed by atoms with Gasteiger partial charge in [0.15, 0.2) is 0 Å². The fourth-order valence-corrected chi connectivity index (χ4v) is 1.59. The Balaban J connectivity index is 2.32. The molecule has 0 radical (unpaired) electrons. The molecule has 0 atom stereocenters. The zero-order valence-electron chi connectivity index (χ0n) is 12.1. The molecule has 1 aromatic carbocycles. The smallest absolute Gasteiger partial charge is 0.306 e. The van der Waals surface area contributed by atoms with Crippen LogP contribution in [0.4, 0.5) is 0 Å². The zero-order valence-corrected chi connectivity index (χ0v) is 12.1. The van der Waals surface area contributed by atoms with Gasteiger partial charge in [0.1, 0.15) is 19.0 Å². The molecule has 0 N–H and O–H groups in total. The summed E-state index contributed by atoms with van der Waals surface area (Å²) in [7, 11) is 3.21. The second kappa shape index (κ2) is 10.2. The van der Waals surface area contributed by atoms with Crippen LogP contribution in [0.25, 0.3) is 0 Å². The lowest BCUT2D eigenvalue weighted by Crippen LogP contribution is -2.10. The normalized spacial score (nSPS) is 10.3. The summed E-state index contributed by atoms with van der Waals surface area (Å²) >= 11 is 0. The Kier molecular flexibility index (Phi) is 8.42. The summed E-state index contributed by atoms with van der Waals surface area (Å²) in [5, 5.41) is 0. The van der Waals surface area contributed by atoms with E-state index < -0.39 is 0 Å². The molecule has 0 saturated carbocycles. The number of carbonyl (C=O) groups excluding carboxylic acids is 1. The van der Waals surface area contributed by atoms with Crippen molar-refractivity contribution in [2.24, 2.45) is 0 Å². The quantitative estimate of drug-likeness (QED) is 0.484. The number of aryl methyl sites for hydroxylation is 1. The molecule has 0 fully saturated rings. The molecule has 20 heavy (non-hydrogen) atoms. The minimum absolute atomic E-state index is 0.215. The van der Waals surface area contributed by atoms with Gasteiger partial charge in [0.25, 0.3) is 0 Å². The number of hydrogen-bond acceptors (Lipinski definition) is 5. The molecular weight excluding hydrogens is 260 g/mol. The van der Waals surface area contributed by atoms with Crippen LogP contribution in [0.5, 0.6) is 5.75 Å². The minimum Gasteiger partial charge on any atom is -0.491 e. The van der Waals surface area contributed by atoms with Gasteiger partial charge in [-0.15, -0.1) is 0 Å².